The quantitative estimate of drug-likeness (QED) is 0.701. The van der Waals surface area contributed by atoms with Crippen molar-refractivity contribution in [2.75, 3.05) is 5.75 Å². The first-order chi connectivity index (χ1) is 13.7. The minimum Gasteiger partial charge on any atom is -0.473 e. The van der Waals surface area contributed by atoms with Gasteiger partial charge < -0.3 is 10.2 Å². The summed E-state index contributed by atoms with van der Waals surface area (Å²) in [7, 11) is -1.00. The van der Waals surface area contributed by atoms with E-state index in [0.717, 1.165) is 16.9 Å². The molecule has 1 heterocycles. The van der Waals surface area contributed by atoms with Gasteiger partial charge in [0.15, 0.2) is 0 Å². The molecule has 6 nitrogen and oxygen atoms in total. The molecule has 0 radical (unpaired) electrons. The van der Waals surface area contributed by atoms with Crippen molar-refractivity contribution in [3.8, 4) is 0 Å². The van der Waals surface area contributed by atoms with Gasteiger partial charge in [-0.15, -0.1) is 0 Å². The Balaban J connectivity index is 0.000000656. The normalized spacial score (nSPS) is 12.5. The van der Waals surface area contributed by atoms with Crippen molar-refractivity contribution in [1.29, 1.82) is 0 Å². The molecule has 2 N–H and O–H groups in total. The lowest BCUT2D eigenvalue weighted by atomic mass is 9.81. The number of aliphatic carboxylic acids is 2. The van der Waals surface area contributed by atoms with E-state index in [4.69, 9.17) is 19.8 Å². The highest BCUT2D eigenvalue weighted by atomic mass is 32.2. The minimum absolute atomic E-state index is 0.0452. The molecule has 7 heteroatoms. The average molecular weight is 434 g/mol. The van der Waals surface area contributed by atoms with E-state index in [0.29, 0.717) is 5.75 Å². The summed E-state index contributed by atoms with van der Waals surface area (Å²) >= 11 is 0. The molecule has 1 atom stereocenters. The first-order valence-corrected chi connectivity index (χ1v) is 10.9. The standard InChI is InChI=1S/C21H29NOS.C2H2O4/c1-20(2,3)17-12-18(21(4,5)6)14-19(13-17)24(23)11-9-16-8-7-10-22-15-16;3-1(4)2(5)6/h7-8,10,12-15H,9,11H2,1-6H3;(H,3,4)(H,5,6). The molecule has 0 bridgehead atoms. The summed E-state index contributed by atoms with van der Waals surface area (Å²) in [5, 5.41) is 14.8. The average Bonchev–Trinajstić information content (AvgIpc) is 2.65. The van der Waals surface area contributed by atoms with Crippen LogP contribution in [0.3, 0.4) is 0 Å². The summed E-state index contributed by atoms with van der Waals surface area (Å²) in [6.07, 6.45) is 4.40. The van der Waals surface area contributed by atoms with Gasteiger partial charge >= 0.3 is 11.9 Å². The van der Waals surface area contributed by atoms with Gasteiger partial charge in [-0.3, -0.25) is 9.19 Å². The Morgan fingerprint density at radius 1 is 0.933 bits per heavy atom. The summed E-state index contributed by atoms with van der Waals surface area (Å²) in [4.78, 5) is 23.3. The summed E-state index contributed by atoms with van der Waals surface area (Å²) in [5.74, 6) is -3.02. The molecule has 0 saturated carbocycles. The van der Waals surface area contributed by atoms with E-state index < -0.39 is 22.7 Å². The van der Waals surface area contributed by atoms with Gasteiger partial charge in [0.1, 0.15) is 0 Å². The van der Waals surface area contributed by atoms with Gasteiger partial charge in [-0.2, -0.15) is 0 Å². The van der Waals surface area contributed by atoms with Crippen LogP contribution in [0.15, 0.2) is 47.6 Å². The topological polar surface area (TPSA) is 105 Å². The highest BCUT2D eigenvalue weighted by Crippen LogP contribution is 2.31. The lowest BCUT2D eigenvalue weighted by molar-refractivity contribution is -0.159. The van der Waals surface area contributed by atoms with Crippen molar-refractivity contribution < 1.29 is 24.0 Å². The van der Waals surface area contributed by atoms with E-state index in [-0.39, 0.29) is 10.8 Å². The molecule has 1 unspecified atom stereocenters. The van der Waals surface area contributed by atoms with Crippen molar-refractivity contribution in [2.45, 2.75) is 63.7 Å². The molecule has 0 aliphatic rings. The van der Waals surface area contributed by atoms with Crippen LogP contribution in [0.5, 0.6) is 0 Å². The third-order valence-electron chi connectivity index (χ3n) is 4.38. The zero-order valence-electron chi connectivity index (χ0n) is 18.4. The highest BCUT2D eigenvalue weighted by molar-refractivity contribution is 7.85. The van der Waals surface area contributed by atoms with Gasteiger partial charge in [0, 0.05) is 23.0 Å². The number of pyridine rings is 1. The van der Waals surface area contributed by atoms with E-state index >= 15 is 0 Å². The van der Waals surface area contributed by atoms with Crippen molar-refractivity contribution >= 4 is 22.7 Å². The van der Waals surface area contributed by atoms with Gasteiger partial charge in [0.05, 0.1) is 10.8 Å². The van der Waals surface area contributed by atoms with Crippen LogP contribution in [0.25, 0.3) is 0 Å². The largest absolute Gasteiger partial charge is 0.473 e. The van der Waals surface area contributed by atoms with Gasteiger partial charge in [-0.25, -0.2) is 9.59 Å². The maximum Gasteiger partial charge on any atom is 0.414 e. The van der Waals surface area contributed by atoms with Crippen LogP contribution in [0, 0.1) is 0 Å². The molecule has 2 aromatic rings. The maximum atomic E-state index is 12.9. The smallest absolute Gasteiger partial charge is 0.414 e. The van der Waals surface area contributed by atoms with Crippen LogP contribution in [0.4, 0.5) is 0 Å². The highest BCUT2D eigenvalue weighted by Gasteiger charge is 2.21. The van der Waals surface area contributed by atoms with Crippen LogP contribution in [0.2, 0.25) is 0 Å². The van der Waals surface area contributed by atoms with E-state index in [1.807, 2.05) is 18.3 Å². The lowest BCUT2D eigenvalue weighted by Crippen LogP contribution is -2.17. The maximum absolute atomic E-state index is 12.9. The van der Waals surface area contributed by atoms with Gasteiger partial charge in [-0.05, 0) is 52.1 Å². The van der Waals surface area contributed by atoms with E-state index in [2.05, 4.69) is 64.7 Å². The summed E-state index contributed by atoms with van der Waals surface area (Å²) in [5.41, 5.74) is 3.72. The molecule has 0 spiro atoms. The third-order valence-corrected chi connectivity index (χ3v) is 5.72. The van der Waals surface area contributed by atoms with Gasteiger partial charge in [-0.1, -0.05) is 53.7 Å². The van der Waals surface area contributed by atoms with Crippen LogP contribution < -0.4 is 0 Å². The Morgan fingerprint density at radius 3 is 1.80 bits per heavy atom. The fourth-order valence-electron chi connectivity index (χ4n) is 2.47. The number of carboxylic acid groups (broad SMARTS) is 2. The predicted octanol–water partition coefficient (Wildman–Crippen LogP) is 4.18. The number of benzene rings is 1. The molecule has 1 aromatic carbocycles. The summed E-state index contributed by atoms with van der Waals surface area (Å²) < 4.78 is 12.9. The second-order valence-corrected chi connectivity index (χ2v) is 10.6. The van der Waals surface area contributed by atoms with E-state index in [1.165, 1.54) is 11.1 Å². The fourth-order valence-corrected chi connectivity index (χ4v) is 3.64. The van der Waals surface area contributed by atoms with Crippen molar-refractivity contribution in [3.63, 3.8) is 0 Å². The number of rotatable bonds is 4. The van der Waals surface area contributed by atoms with E-state index in [9.17, 15) is 4.21 Å². The number of carboxylic acids is 2. The lowest BCUT2D eigenvalue weighted by Gasteiger charge is -2.26. The second kappa shape index (κ2) is 10.5. The number of hydrogen-bond acceptors (Lipinski definition) is 4. The molecule has 0 amide bonds. The molecule has 0 saturated heterocycles. The number of hydrogen-bond donors (Lipinski definition) is 2. The Hall–Kier alpha value is -2.54. The molecule has 1 aromatic heterocycles. The minimum atomic E-state index is -1.82. The molecule has 0 aliphatic heterocycles. The molecule has 0 aliphatic carbocycles. The van der Waals surface area contributed by atoms with Crippen LogP contribution in [-0.4, -0.2) is 37.1 Å². The monoisotopic (exact) mass is 433 g/mol. The third kappa shape index (κ3) is 8.45. The van der Waals surface area contributed by atoms with Crippen LogP contribution in [0.1, 0.15) is 58.2 Å². The summed E-state index contributed by atoms with van der Waals surface area (Å²) in [6.45, 7) is 13.2. The van der Waals surface area contributed by atoms with Gasteiger partial charge in [0.2, 0.25) is 0 Å². The second-order valence-electron chi connectivity index (χ2n) is 9.02. The zero-order valence-corrected chi connectivity index (χ0v) is 19.2. The first kappa shape index (κ1) is 25.5. The Bertz CT molecular complexity index is 852. The number of aryl methyl sites for hydroxylation is 1. The Morgan fingerprint density at radius 2 is 1.43 bits per heavy atom. The van der Waals surface area contributed by atoms with E-state index in [1.54, 1.807) is 6.20 Å². The fraction of sp³-hybridized carbons (Fsp3) is 0.435. The Labute approximate surface area is 180 Å². The molecule has 0 fully saturated rings. The molecular formula is C23H31NO5S. The Kier molecular flexibility index (Phi) is 8.90. The number of carbonyl (C=O) groups is 2. The molecule has 164 valence electrons. The van der Waals surface area contributed by atoms with Crippen molar-refractivity contribution in [2.24, 2.45) is 0 Å². The molecular weight excluding hydrogens is 402 g/mol. The molecule has 2 rings (SSSR count). The number of aromatic nitrogens is 1. The SMILES string of the molecule is CC(C)(C)c1cc(S(=O)CCc2cccnc2)cc(C(C)(C)C)c1.O=C(O)C(=O)O. The van der Waals surface area contributed by atoms with Crippen molar-refractivity contribution in [1.82, 2.24) is 4.98 Å². The molecule has 30 heavy (non-hydrogen) atoms. The predicted molar refractivity (Wildman–Crippen MR) is 118 cm³/mol. The van der Waals surface area contributed by atoms with Crippen LogP contribution in [-0.2, 0) is 37.6 Å². The first-order valence-electron chi connectivity index (χ1n) is 9.61. The van der Waals surface area contributed by atoms with Crippen molar-refractivity contribution in [3.05, 3.63) is 59.4 Å². The van der Waals surface area contributed by atoms with Gasteiger partial charge in [0.25, 0.3) is 0 Å². The zero-order chi connectivity index (χ0) is 23.1. The summed E-state index contributed by atoms with van der Waals surface area (Å²) in [6, 6.07) is 10.5. The van der Waals surface area contributed by atoms with Crippen LogP contribution >= 0.6 is 0 Å². The number of nitrogens with zero attached hydrogens (tertiary/aromatic N) is 1.